The predicted molar refractivity (Wildman–Crippen MR) is 74.3 cm³/mol. The predicted octanol–water partition coefficient (Wildman–Crippen LogP) is 4.62. The van der Waals surface area contributed by atoms with E-state index in [4.69, 9.17) is 17.3 Å². The molecule has 0 aromatic heterocycles. The maximum absolute atomic E-state index is 6.42. The minimum atomic E-state index is 0.158. The Hall–Kier alpha value is -0.530. The molecule has 0 aliphatic heterocycles. The molecule has 94 valence electrons. The molecule has 1 nitrogen and oxygen atoms in total. The van der Waals surface area contributed by atoms with Crippen molar-refractivity contribution in [2.75, 3.05) is 0 Å². The molecule has 0 saturated heterocycles. The van der Waals surface area contributed by atoms with Crippen LogP contribution in [-0.2, 0) is 0 Å². The van der Waals surface area contributed by atoms with Crippen LogP contribution in [0.5, 0.6) is 0 Å². The van der Waals surface area contributed by atoms with E-state index in [1.54, 1.807) is 0 Å². The lowest BCUT2D eigenvalue weighted by Gasteiger charge is -2.23. The van der Waals surface area contributed by atoms with Crippen molar-refractivity contribution in [2.24, 2.45) is 11.7 Å². The van der Waals surface area contributed by atoms with Crippen molar-refractivity contribution in [1.29, 1.82) is 0 Å². The Labute approximate surface area is 109 Å². The van der Waals surface area contributed by atoms with E-state index in [9.17, 15) is 0 Å². The average Bonchev–Trinajstić information content (AvgIpc) is 2.55. The van der Waals surface area contributed by atoms with Crippen LogP contribution in [0, 0.1) is 12.8 Å². The summed E-state index contributed by atoms with van der Waals surface area (Å²) < 4.78 is 0. The van der Waals surface area contributed by atoms with Crippen LogP contribution in [-0.4, -0.2) is 0 Å². The van der Waals surface area contributed by atoms with Crippen LogP contribution in [0.1, 0.15) is 55.7 Å². The van der Waals surface area contributed by atoms with Crippen LogP contribution in [0.15, 0.2) is 18.2 Å². The van der Waals surface area contributed by atoms with Gasteiger partial charge in [-0.1, -0.05) is 43.4 Å². The van der Waals surface area contributed by atoms with Crippen LogP contribution >= 0.6 is 11.6 Å². The summed E-state index contributed by atoms with van der Waals surface area (Å²) in [5, 5.41) is 0.809. The van der Waals surface area contributed by atoms with E-state index < -0.39 is 0 Å². The molecular formula is C15H22ClN. The summed E-state index contributed by atoms with van der Waals surface area (Å²) in [6, 6.07) is 6.36. The Morgan fingerprint density at radius 3 is 2.35 bits per heavy atom. The molecule has 1 fully saturated rings. The smallest absolute Gasteiger partial charge is 0.0411 e. The first-order chi connectivity index (χ1) is 8.16. The summed E-state index contributed by atoms with van der Waals surface area (Å²) in [6.07, 6.45) is 7.95. The van der Waals surface area contributed by atoms with Gasteiger partial charge in [0.1, 0.15) is 0 Å². The summed E-state index contributed by atoms with van der Waals surface area (Å²) in [5.74, 6) is 0.635. The van der Waals surface area contributed by atoms with Gasteiger partial charge in [0.2, 0.25) is 0 Å². The van der Waals surface area contributed by atoms with Crippen LogP contribution < -0.4 is 5.73 Å². The molecule has 1 aromatic rings. The maximum atomic E-state index is 6.42. The summed E-state index contributed by atoms with van der Waals surface area (Å²) in [7, 11) is 0. The molecule has 17 heavy (non-hydrogen) atoms. The quantitative estimate of drug-likeness (QED) is 0.763. The normalized spacial score (nSPS) is 19.9. The van der Waals surface area contributed by atoms with Crippen molar-refractivity contribution in [3.05, 3.63) is 34.3 Å². The standard InChI is InChI=1S/C15H22ClN/c1-11-8-13(10-14(16)9-11)15(17)12-6-4-2-3-5-7-12/h8-10,12,15H,2-7,17H2,1H3. The largest absolute Gasteiger partial charge is 0.324 e. The number of aryl methyl sites for hydroxylation is 1. The van der Waals surface area contributed by atoms with E-state index >= 15 is 0 Å². The summed E-state index contributed by atoms with van der Waals surface area (Å²) in [5.41, 5.74) is 8.83. The van der Waals surface area contributed by atoms with E-state index in [1.807, 2.05) is 12.1 Å². The van der Waals surface area contributed by atoms with Gasteiger partial charge in [0.15, 0.2) is 0 Å². The molecule has 1 unspecified atom stereocenters. The van der Waals surface area contributed by atoms with Gasteiger partial charge in [-0.3, -0.25) is 0 Å². The Morgan fingerprint density at radius 2 is 1.76 bits per heavy atom. The van der Waals surface area contributed by atoms with Crippen molar-refractivity contribution in [3.63, 3.8) is 0 Å². The van der Waals surface area contributed by atoms with Gasteiger partial charge in [-0.05, 0) is 48.9 Å². The van der Waals surface area contributed by atoms with Crippen LogP contribution in [0.2, 0.25) is 5.02 Å². The first-order valence-electron chi connectivity index (χ1n) is 6.69. The number of nitrogens with two attached hydrogens (primary N) is 1. The Bertz CT molecular complexity index is 347. The summed E-state index contributed by atoms with van der Waals surface area (Å²) >= 11 is 6.11. The third kappa shape index (κ3) is 3.46. The molecule has 0 spiro atoms. The molecule has 1 aromatic carbocycles. The molecule has 2 N–H and O–H groups in total. The second kappa shape index (κ2) is 5.88. The molecule has 1 atom stereocenters. The molecule has 0 heterocycles. The fraction of sp³-hybridized carbons (Fsp3) is 0.600. The SMILES string of the molecule is Cc1cc(Cl)cc(C(N)C2CCCCCC2)c1. The second-order valence-corrected chi connectivity index (χ2v) is 5.78. The lowest BCUT2D eigenvalue weighted by atomic mass is 9.87. The van der Waals surface area contributed by atoms with E-state index in [0.717, 1.165) is 5.02 Å². The molecule has 2 rings (SSSR count). The number of hydrogen-bond acceptors (Lipinski definition) is 1. The number of hydrogen-bond donors (Lipinski definition) is 1. The monoisotopic (exact) mass is 251 g/mol. The van der Waals surface area contributed by atoms with Gasteiger partial charge in [0, 0.05) is 11.1 Å². The minimum Gasteiger partial charge on any atom is -0.324 e. The fourth-order valence-electron chi connectivity index (χ4n) is 2.90. The lowest BCUT2D eigenvalue weighted by molar-refractivity contribution is 0.382. The van der Waals surface area contributed by atoms with Gasteiger partial charge in [-0.25, -0.2) is 0 Å². The van der Waals surface area contributed by atoms with Crippen molar-refractivity contribution >= 4 is 11.6 Å². The third-order valence-corrected chi connectivity index (χ3v) is 4.08. The van der Waals surface area contributed by atoms with E-state index in [2.05, 4.69) is 13.0 Å². The van der Waals surface area contributed by atoms with E-state index in [1.165, 1.54) is 49.7 Å². The molecule has 0 amide bonds. The minimum absolute atomic E-state index is 0.158. The van der Waals surface area contributed by atoms with Crippen molar-refractivity contribution in [3.8, 4) is 0 Å². The zero-order valence-electron chi connectivity index (χ0n) is 10.6. The lowest BCUT2D eigenvalue weighted by Crippen LogP contribution is -2.21. The van der Waals surface area contributed by atoms with Gasteiger partial charge in [0.05, 0.1) is 0 Å². The highest BCUT2D eigenvalue weighted by molar-refractivity contribution is 6.30. The van der Waals surface area contributed by atoms with Crippen molar-refractivity contribution in [2.45, 2.75) is 51.5 Å². The van der Waals surface area contributed by atoms with E-state index in [0.29, 0.717) is 5.92 Å². The fourth-order valence-corrected chi connectivity index (χ4v) is 3.20. The summed E-state index contributed by atoms with van der Waals surface area (Å²) in [4.78, 5) is 0. The zero-order valence-corrected chi connectivity index (χ0v) is 11.3. The van der Waals surface area contributed by atoms with Crippen molar-refractivity contribution < 1.29 is 0 Å². The molecule has 0 bridgehead atoms. The van der Waals surface area contributed by atoms with Crippen LogP contribution in [0.3, 0.4) is 0 Å². The number of halogens is 1. The highest BCUT2D eigenvalue weighted by Crippen LogP contribution is 2.33. The van der Waals surface area contributed by atoms with Crippen molar-refractivity contribution in [1.82, 2.24) is 0 Å². The highest BCUT2D eigenvalue weighted by Gasteiger charge is 2.21. The van der Waals surface area contributed by atoms with Gasteiger partial charge < -0.3 is 5.73 Å². The highest BCUT2D eigenvalue weighted by atomic mass is 35.5. The van der Waals surface area contributed by atoms with Crippen LogP contribution in [0.4, 0.5) is 0 Å². The molecular weight excluding hydrogens is 230 g/mol. The second-order valence-electron chi connectivity index (χ2n) is 5.34. The third-order valence-electron chi connectivity index (χ3n) is 3.86. The molecule has 0 radical (unpaired) electrons. The first-order valence-corrected chi connectivity index (χ1v) is 7.07. The van der Waals surface area contributed by atoms with Crippen LogP contribution in [0.25, 0.3) is 0 Å². The Kier molecular flexibility index (Phi) is 4.47. The molecule has 1 aliphatic rings. The van der Waals surface area contributed by atoms with Gasteiger partial charge in [0.25, 0.3) is 0 Å². The first kappa shape index (κ1) is 12.9. The maximum Gasteiger partial charge on any atom is 0.0411 e. The number of benzene rings is 1. The van der Waals surface area contributed by atoms with E-state index in [-0.39, 0.29) is 6.04 Å². The van der Waals surface area contributed by atoms with Gasteiger partial charge in [-0.2, -0.15) is 0 Å². The van der Waals surface area contributed by atoms with Gasteiger partial charge >= 0.3 is 0 Å². The number of rotatable bonds is 2. The molecule has 1 saturated carbocycles. The Balaban J connectivity index is 2.14. The Morgan fingerprint density at radius 1 is 1.12 bits per heavy atom. The average molecular weight is 252 g/mol. The topological polar surface area (TPSA) is 26.0 Å². The zero-order chi connectivity index (χ0) is 12.3. The molecule has 2 heteroatoms. The summed E-state index contributed by atoms with van der Waals surface area (Å²) in [6.45, 7) is 2.08. The van der Waals surface area contributed by atoms with Gasteiger partial charge in [-0.15, -0.1) is 0 Å². The molecule has 1 aliphatic carbocycles.